The topological polar surface area (TPSA) is 82.3 Å². The Morgan fingerprint density at radius 3 is 2.43 bits per heavy atom. The molecule has 5 heteroatoms. The van der Waals surface area contributed by atoms with E-state index in [0.717, 1.165) is 0 Å². The molecular weight excluding hydrogens is 184 g/mol. The molecule has 0 saturated heterocycles. The minimum Gasteiger partial charge on any atom is -0.404 e. The Balaban J connectivity index is 2.92. The molecule has 0 bridgehead atoms. The van der Waals surface area contributed by atoms with Crippen LogP contribution < -0.4 is 5.73 Å². The van der Waals surface area contributed by atoms with Crippen LogP contribution in [-0.4, -0.2) is 4.92 Å². The Morgan fingerprint density at radius 1 is 1.50 bits per heavy atom. The highest BCUT2D eigenvalue weighted by Gasteiger charge is 2.26. The van der Waals surface area contributed by atoms with Crippen molar-refractivity contribution in [2.45, 2.75) is 26.8 Å². The van der Waals surface area contributed by atoms with Gasteiger partial charge in [0, 0.05) is 0 Å². The SMILES string of the molecule is CC(C)(C)[C@@H](N)c1ccc([N+](=O)[O-])o1. The molecule has 0 saturated carbocycles. The zero-order valence-corrected chi connectivity index (χ0v) is 8.48. The van der Waals surface area contributed by atoms with Crippen LogP contribution >= 0.6 is 0 Å². The van der Waals surface area contributed by atoms with Crippen LogP contribution in [0.25, 0.3) is 0 Å². The summed E-state index contributed by atoms with van der Waals surface area (Å²) in [4.78, 5) is 9.79. The van der Waals surface area contributed by atoms with Gasteiger partial charge >= 0.3 is 5.88 Å². The highest BCUT2D eigenvalue weighted by Crippen LogP contribution is 2.32. The highest BCUT2D eigenvalue weighted by atomic mass is 16.6. The number of furan rings is 1. The van der Waals surface area contributed by atoms with Crippen LogP contribution in [-0.2, 0) is 0 Å². The van der Waals surface area contributed by atoms with E-state index in [1.165, 1.54) is 6.07 Å². The standard InChI is InChI=1S/C9H14N2O3/c1-9(2,3)8(10)6-4-5-7(14-6)11(12)13/h4-5,8H,10H2,1-3H3/t8-/m0/s1. The predicted molar refractivity (Wildman–Crippen MR) is 51.7 cm³/mol. The largest absolute Gasteiger partial charge is 0.433 e. The summed E-state index contributed by atoms with van der Waals surface area (Å²) in [5.74, 6) is 0.184. The molecule has 0 aliphatic carbocycles. The molecule has 0 fully saturated rings. The summed E-state index contributed by atoms with van der Waals surface area (Å²) in [5, 5.41) is 10.4. The van der Waals surface area contributed by atoms with Crippen LogP contribution in [0.15, 0.2) is 16.5 Å². The van der Waals surface area contributed by atoms with Gasteiger partial charge in [-0.05, 0) is 11.5 Å². The Labute approximate surface area is 82.0 Å². The third kappa shape index (κ3) is 2.11. The molecule has 1 rings (SSSR count). The lowest BCUT2D eigenvalue weighted by Crippen LogP contribution is -2.25. The number of hydrogen-bond donors (Lipinski definition) is 1. The minimum atomic E-state index is -0.571. The molecule has 78 valence electrons. The van der Waals surface area contributed by atoms with Crippen LogP contribution in [0.3, 0.4) is 0 Å². The van der Waals surface area contributed by atoms with Gasteiger partial charge in [-0.1, -0.05) is 20.8 Å². The molecule has 14 heavy (non-hydrogen) atoms. The lowest BCUT2D eigenvalue weighted by Gasteiger charge is -2.24. The van der Waals surface area contributed by atoms with E-state index < -0.39 is 4.92 Å². The average molecular weight is 198 g/mol. The van der Waals surface area contributed by atoms with E-state index in [9.17, 15) is 10.1 Å². The number of rotatable bonds is 2. The van der Waals surface area contributed by atoms with E-state index in [1.807, 2.05) is 20.8 Å². The number of nitrogens with zero attached hydrogens (tertiary/aromatic N) is 1. The lowest BCUT2D eigenvalue weighted by molar-refractivity contribution is -0.402. The Bertz CT molecular complexity index is 338. The first-order valence-corrected chi connectivity index (χ1v) is 4.32. The van der Waals surface area contributed by atoms with E-state index >= 15 is 0 Å². The Kier molecular flexibility index (Phi) is 2.62. The van der Waals surface area contributed by atoms with Crippen molar-refractivity contribution in [3.05, 3.63) is 28.0 Å². The first-order chi connectivity index (χ1) is 6.32. The lowest BCUT2D eigenvalue weighted by atomic mass is 9.86. The fourth-order valence-corrected chi connectivity index (χ4v) is 1.03. The van der Waals surface area contributed by atoms with Crippen molar-refractivity contribution in [2.24, 2.45) is 11.1 Å². The van der Waals surface area contributed by atoms with Crippen molar-refractivity contribution in [3.63, 3.8) is 0 Å². The van der Waals surface area contributed by atoms with E-state index in [4.69, 9.17) is 10.2 Å². The minimum absolute atomic E-state index is 0.175. The highest BCUT2D eigenvalue weighted by molar-refractivity contribution is 5.20. The molecule has 0 radical (unpaired) electrons. The maximum absolute atomic E-state index is 10.4. The number of nitrogens with two attached hydrogens (primary N) is 1. The molecule has 0 aliphatic rings. The first kappa shape index (κ1) is 10.7. The molecule has 1 atom stereocenters. The van der Waals surface area contributed by atoms with Crippen molar-refractivity contribution >= 4 is 5.88 Å². The van der Waals surface area contributed by atoms with Gasteiger partial charge in [0.25, 0.3) is 0 Å². The molecule has 2 N–H and O–H groups in total. The molecule has 0 amide bonds. The summed E-state index contributed by atoms with van der Waals surface area (Å²) in [6, 6.07) is 2.53. The van der Waals surface area contributed by atoms with Gasteiger partial charge in [-0.2, -0.15) is 0 Å². The Morgan fingerprint density at radius 2 is 2.07 bits per heavy atom. The summed E-state index contributed by atoms with van der Waals surface area (Å²) >= 11 is 0. The van der Waals surface area contributed by atoms with Crippen molar-refractivity contribution < 1.29 is 9.34 Å². The van der Waals surface area contributed by atoms with Crippen molar-refractivity contribution in [1.29, 1.82) is 0 Å². The van der Waals surface area contributed by atoms with Crippen LogP contribution in [0.2, 0.25) is 0 Å². The quantitative estimate of drug-likeness (QED) is 0.583. The van der Waals surface area contributed by atoms with Gasteiger partial charge in [-0.3, -0.25) is 10.1 Å². The Hall–Kier alpha value is -1.36. The fraction of sp³-hybridized carbons (Fsp3) is 0.556. The zero-order valence-electron chi connectivity index (χ0n) is 8.48. The molecule has 1 aromatic rings. The van der Waals surface area contributed by atoms with E-state index in [1.54, 1.807) is 6.07 Å². The van der Waals surface area contributed by atoms with Crippen molar-refractivity contribution in [2.75, 3.05) is 0 Å². The monoisotopic (exact) mass is 198 g/mol. The summed E-state index contributed by atoms with van der Waals surface area (Å²) in [5.41, 5.74) is 5.69. The average Bonchev–Trinajstić information content (AvgIpc) is 2.48. The van der Waals surface area contributed by atoms with Crippen LogP contribution in [0.5, 0.6) is 0 Å². The van der Waals surface area contributed by atoms with Crippen LogP contribution in [0.1, 0.15) is 32.6 Å². The maximum atomic E-state index is 10.4. The predicted octanol–water partition coefficient (Wildman–Crippen LogP) is 2.23. The third-order valence-corrected chi connectivity index (χ3v) is 2.03. The molecule has 5 nitrogen and oxygen atoms in total. The molecule has 1 heterocycles. The van der Waals surface area contributed by atoms with Gasteiger partial charge in [-0.25, -0.2) is 0 Å². The molecule has 1 aromatic heterocycles. The van der Waals surface area contributed by atoms with E-state index in [2.05, 4.69) is 0 Å². The second kappa shape index (κ2) is 3.42. The number of hydrogen-bond acceptors (Lipinski definition) is 4. The fourth-order valence-electron chi connectivity index (χ4n) is 1.03. The zero-order chi connectivity index (χ0) is 10.9. The smallest absolute Gasteiger partial charge is 0.404 e. The normalized spacial score (nSPS) is 14.0. The first-order valence-electron chi connectivity index (χ1n) is 4.32. The molecule has 0 aromatic carbocycles. The van der Waals surface area contributed by atoms with E-state index in [0.29, 0.717) is 5.76 Å². The van der Waals surface area contributed by atoms with Gasteiger partial charge in [0.1, 0.15) is 10.7 Å². The summed E-state index contributed by atoms with van der Waals surface area (Å²) in [6.07, 6.45) is 0. The second-order valence-corrected chi connectivity index (χ2v) is 4.28. The van der Waals surface area contributed by atoms with Gasteiger partial charge in [0.2, 0.25) is 0 Å². The maximum Gasteiger partial charge on any atom is 0.433 e. The van der Waals surface area contributed by atoms with Crippen molar-refractivity contribution in [3.8, 4) is 0 Å². The van der Waals surface area contributed by atoms with Crippen LogP contribution in [0.4, 0.5) is 5.88 Å². The van der Waals surface area contributed by atoms with Gasteiger partial charge < -0.3 is 10.2 Å². The molecule has 0 spiro atoms. The molecular formula is C9H14N2O3. The van der Waals surface area contributed by atoms with Gasteiger partial charge in [0.15, 0.2) is 0 Å². The molecule has 0 aliphatic heterocycles. The number of nitro groups is 1. The summed E-state index contributed by atoms with van der Waals surface area (Å²) in [7, 11) is 0. The second-order valence-electron chi connectivity index (χ2n) is 4.28. The summed E-state index contributed by atoms with van der Waals surface area (Å²) in [6.45, 7) is 5.85. The third-order valence-electron chi connectivity index (χ3n) is 2.03. The van der Waals surface area contributed by atoms with Gasteiger partial charge in [-0.15, -0.1) is 0 Å². The van der Waals surface area contributed by atoms with E-state index in [-0.39, 0.29) is 17.3 Å². The van der Waals surface area contributed by atoms with Crippen molar-refractivity contribution in [1.82, 2.24) is 0 Å². The van der Waals surface area contributed by atoms with Gasteiger partial charge in [0.05, 0.1) is 12.1 Å². The van der Waals surface area contributed by atoms with Crippen LogP contribution in [0, 0.1) is 15.5 Å². The summed E-state index contributed by atoms with van der Waals surface area (Å²) < 4.78 is 5.01. The molecule has 0 unspecified atom stereocenters.